The van der Waals surface area contributed by atoms with Gasteiger partial charge in [0.15, 0.2) is 0 Å². The van der Waals surface area contributed by atoms with Crippen molar-refractivity contribution in [3.63, 3.8) is 0 Å². The van der Waals surface area contributed by atoms with Crippen molar-refractivity contribution in [3.8, 4) is 0 Å². The summed E-state index contributed by atoms with van der Waals surface area (Å²) in [6.07, 6.45) is -5.90. The second kappa shape index (κ2) is 4.30. The molecular formula is C6H10F3NO2. The van der Waals surface area contributed by atoms with Gasteiger partial charge >= 0.3 is 12.1 Å². The highest BCUT2D eigenvalue weighted by atomic mass is 19.4. The maximum atomic E-state index is 11.6. The predicted octanol–water partition coefficient (Wildman–Crippen LogP) is 0.829. The van der Waals surface area contributed by atoms with Gasteiger partial charge in [0.05, 0.1) is 20.0 Å². The monoisotopic (exact) mass is 185 g/mol. The first-order chi connectivity index (χ1) is 5.35. The summed E-state index contributed by atoms with van der Waals surface area (Å²) in [4.78, 5) is 10.4. The van der Waals surface area contributed by atoms with E-state index >= 15 is 0 Å². The van der Waals surface area contributed by atoms with Crippen LogP contribution in [0.2, 0.25) is 0 Å². The minimum absolute atomic E-state index is 0.407. The minimum atomic E-state index is -4.33. The summed E-state index contributed by atoms with van der Waals surface area (Å²) in [7, 11) is 1.10. The van der Waals surface area contributed by atoms with Gasteiger partial charge in [-0.3, -0.25) is 4.79 Å². The minimum Gasteiger partial charge on any atom is -0.469 e. The smallest absolute Gasteiger partial charge is 0.390 e. The average molecular weight is 185 g/mol. The third-order valence-electron chi connectivity index (χ3n) is 1.15. The number of alkyl halides is 3. The lowest BCUT2D eigenvalue weighted by molar-refractivity contribution is -0.147. The summed E-state index contributed by atoms with van der Waals surface area (Å²) in [6.45, 7) is 0. The van der Waals surface area contributed by atoms with E-state index in [1.165, 1.54) is 0 Å². The number of nitrogens with two attached hydrogens (primary N) is 1. The van der Waals surface area contributed by atoms with Crippen molar-refractivity contribution in [2.75, 3.05) is 7.11 Å². The number of rotatable bonds is 3. The molecule has 0 saturated heterocycles. The van der Waals surface area contributed by atoms with Crippen LogP contribution in [0.4, 0.5) is 13.2 Å². The van der Waals surface area contributed by atoms with Crippen molar-refractivity contribution in [3.05, 3.63) is 0 Å². The van der Waals surface area contributed by atoms with Gasteiger partial charge in [-0.15, -0.1) is 0 Å². The van der Waals surface area contributed by atoms with Crippen LogP contribution in [0.5, 0.6) is 0 Å². The molecule has 0 aromatic carbocycles. The number of halogens is 3. The van der Waals surface area contributed by atoms with E-state index in [1.807, 2.05) is 0 Å². The number of carbonyl (C=O) groups excluding carboxylic acids is 1. The Kier molecular flexibility index (Phi) is 4.02. The van der Waals surface area contributed by atoms with Crippen molar-refractivity contribution < 1.29 is 22.7 Å². The van der Waals surface area contributed by atoms with E-state index in [9.17, 15) is 18.0 Å². The molecule has 0 aliphatic carbocycles. The molecule has 0 aliphatic rings. The maximum absolute atomic E-state index is 11.6. The number of ether oxygens (including phenoxy) is 1. The fourth-order valence-corrected chi connectivity index (χ4v) is 0.667. The first-order valence-electron chi connectivity index (χ1n) is 3.24. The molecule has 72 valence electrons. The highest BCUT2D eigenvalue weighted by molar-refractivity contribution is 5.69. The first kappa shape index (κ1) is 11.2. The Morgan fingerprint density at radius 2 is 2.08 bits per heavy atom. The average Bonchev–Trinajstić information content (AvgIpc) is 1.82. The van der Waals surface area contributed by atoms with Crippen LogP contribution in [-0.4, -0.2) is 25.3 Å². The Morgan fingerprint density at radius 1 is 1.58 bits per heavy atom. The third-order valence-corrected chi connectivity index (χ3v) is 1.15. The standard InChI is InChI=1S/C6H10F3NO2/c1-12-5(11)2-4(10)3-6(7,8)9/h4H,2-3,10H2,1H3. The second-order valence-electron chi connectivity index (χ2n) is 2.36. The second-order valence-corrected chi connectivity index (χ2v) is 2.36. The Hall–Kier alpha value is -0.780. The molecule has 2 N–H and O–H groups in total. The first-order valence-corrected chi connectivity index (χ1v) is 3.24. The van der Waals surface area contributed by atoms with Crippen LogP contribution >= 0.6 is 0 Å². The van der Waals surface area contributed by atoms with Gasteiger partial charge in [0, 0.05) is 6.04 Å². The van der Waals surface area contributed by atoms with Gasteiger partial charge in [0.25, 0.3) is 0 Å². The molecule has 0 rings (SSSR count). The van der Waals surface area contributed by atoms with Gasteiger partial charge in [-0.1, -0.05) is 0 Å². The Labute approximate surface area is 67.7 Å². The van der Waals surface area contributed by atoms with E-state index < -0.39 is 31.0 Å². The highest BCUT2D eigenvalue weighted by Gasteiger charge is 2.31. The van der Waals surface area contributed by atoms with E-state index in [1.54, 1.807) is 0 Å². The van der Waals surface area contributed by atoms with Gasteiger partial charge in [-0.05, 0) is 0 Å². The van der Waals surface area contributed by atoms with Crippen molar-refractivity contribution in [1.29, 1.82) is 0 Å². The number of hydrogen-bond donors (Lipinski definition) is 1. The lowest BCUT2D eigenvalue weighted by Crippen LogP contribution is -2.30. The predicted molar refractivity (Wildman–Crippen MR) is 35.3 cm³/mol. The lowest BCUT2D eigenvalue weighted by atomic mass is 10.1. The van der Waals surface area contributed by atoms with Crippen LogP contribution in [0.25, 0.3) is 0 Å². The van der Waals surface area contributed by atoms with Crippen LogP contribution in [0.1, 0.15) is 12.8 Å². The quantitative estimate of drug-likeness (QED) is 0.662. The van der Waals surface area contributed by atoms with Crippen molar-refractivity contribution >= 4 is 5.97 Å². The molecule has 0 bridgehead atoms. The maximum Gasteiger partial charge on any atom is 0.390 e. The lowest BCUT2D eigenvalue weighted by Gasteiger charge is -2.12. The zero-order valence-corrected chi connectivity index (χ0v) is 6.52. The normalized spacial score (nSPS) is 14.1. The molecular weight excluding hydrogens is 175 g/mol. The third kappa shape index (κ3) is 5.96. The van der Waals surface area contributed by atoms with Gasteiger partial charge in [-0.2, -0.15) is 13.2 Å². The largest absolute Gasteiger partial charge is 0.469 e. The molecule has 0 radical (unpaired) electrons. The van der Waals surface area contributed by atoms with Crippen LogP contribution < -0.4 is 5.73 Å². The van der Waals surface area contributed by atoms with Crippen LogP contribution in [0.3, 0.4) is 0 Å². The fourth-order valence-electron chi connectivity index (χ4n) is 0.667. The number of hydrogen-bond acceptors (Lipinski definition) is 3. The molecule has 3 nitrogen and oxygen atoms in total. The van der Waals surface area contributed by atoms with Gasteiger partial charge in [0.2, 0.25) is 0 Å². The molecule has 0 aromatic heterocycles. The SMILES string of the molecule is COC(=O)CC(N)CC(F)(F)F. The molecule has 0 saturated carbocycles. The molecule has 0 heterocycles. The summed E-state index contributed by atoms with van der Waals surface area (Å²) < 4.78 is 39.0. The molecule has 1 unspecified atom stereocenters. The fraction of sp³-hybridized carbons (Fsp3) is 0.833. The summed E-state index contributed by atoms with van der Waals surface area (Å²) >= 11 is 0. The number of carbonyl (C=O) groups is 1. The van der Waals surface area contributed by atoms with Gasteiger partial charge in [0.1, 0.15) is 0 Å². The summed E-state index contributed by atoms with van der Waals surface area (Å²) in [5.41, 5.74) is 5.02. The zero-order valence-electron chi connectivity index (χ0n) is 6.52. The molecule has 1 atom stereocenters. The molecule has 6 heteroatoms. The Bertz CT molecular complexity index is 157. The van der Waals surface area contributed by atoms with Crippen LogP contribution in [0.15, 0.2) is 0 Å². The molecule has 0 amide bonds. The van der Waals surface area contributed by atoms with E-state index in [4.69, 9.17) is 5.73 Å². The summed E-state index contributed by atoms with van der Waals surface area (Å²) in [5.74, 6) is -0.730. The Balaban J connectivity index is 3.74. The van der Waals surface area contributed by atoms with Crippen LogP contribution in [0, 0.1) is 0 Å². The summed E-state index contributed by atoms with van der Waals surface area (Å²) in [6, 6.07) is -1.21. The van der Waals surface area contributed by atoms with Crippen molar-refractivity contribution in [2.24, 2.45) is 5.73 Å². The summed E-state index contributed by atoms with van der Waals surface area (Å²) in [5, 5.41) is 0. The van der Waals surface area contributed by atoms with Gasteiger partial charge < -0.3 is 10.5 Å². The topological polar surface area (TPSA) is 52.3 Å². The van der Waals surface area contributed by atoms with E-state index in [-0.39, 0.29) is 0 Å². The highest BCUT2D eigenvalue weighted by Crippen LogP contribution is 2.21. The number of methoxy groups -OCH3 is 1. The van der Waals surface area contributed by atoms with Crippen LogP contribution in [-0.2, 0) is 9.53 Å². The Morgan fingerprint density at radius 3 is 2.42 bits per heavy atom. The molecule has 0 spiro atoms. The van der Waals surface area contributed by atoms with E-state index in [0.717, 1.165) is 7.11 Å². The van der Waals surface area contributed by atoms with Crippen molar-refractivity contribution in [2.45, 2.75) is 25.1 Å². The molecule has 12 heavy (non-hydrogen) atoms. The number of esters is 1. The van der Waals surface area contributed by atoms with E-state index in [0.29, 0.717) is 0 Å². The molecule has 0 aromatic rings. The zero-order chi connectivity index (χ0) is 9.78. The van der Waals surface area contributed by atoms with Gasteiger partial charge in [-0.25, -0.2) is 0 Å². The van der Waals surface area contributed by atoms with E-state index in [2.05, 4.69) is 4.74 Å². The van der Waals surface area contributed by atoms with Crippen molar-refractivity contribution in [1.82, 2.24) is 0 Å². The molecule has 0 fully saturated rings. The molecule has 0 aliphatic heterocycles.